The monoisotopic (exact) mass is 432 g/mol. The molecule has 0 aromatic heterocycles. The third-order valence-electron chi connectivity index (χ3n) is 3.36. The zero-order valence-corrected chi connectivity index (χ0v) is 17.0. The summed E-state index contributed by atoms with van der Waals surface area (Å²) in [4.78, 5) is 10.7. The van der Waals surface area contributed by atoms with Crippen molar-refractivity contribution in [2.24, 2.45) is 0 Å². The quantitative estimate of drug-likeness (QED) is 0.627. The Morgan fingerprint density at radius 1 is 0.923 bits per heavy atom. The molecule has 3 aromatic carbocycles. The van der Waals surface area contributed by atoms with Gasteiger partial charge in [-0.05, 0) is 42.0 Å². The predicted octanol–water partition coefficient (Wildman–Crippen LogP) is 3.44. The summed E-state index contributed by atoms with van der Waals surface area (Å²) in [6.07, 6.45) is 0. The first kappa shape index (κ1) is 19.9. The molecular weight excluding hydrogens is 415 g/mol. The first-order chi connectivity index (χ1) is 12.6. The molecule has 134 valence electrons. The Bertz CT molecular complexity index is 834. The van der Waals surface area contributed by atoms with E-state index in [-0.39, 0.29) is 5.56 Å². The van der Waals surface area contributed by atoms with E-state index in [1.807, 2.05) is 42.5 Å². The minimum atomic E-state index is -1.29. The average molecular weight is 433 g/mol. The van der Waals surface area contributed by atoms with Crippen LogP contribution in [0.25, 0.3) is 0 Å². The van der Waals surface area contributed by atoms with Gasteiger partial charge in [-0.3, -0.25) is 0 Å². The Hall–Kier alpha value is -2.42. The third kappa shape index (κ3) is 6.83. The molecular formula is C20H18AsClO4. The second-order valence-corrected chi connectivity index (χ2v) is 7.60. The Morgan fingerprint density at radius 3 is 2.04 bits per heavy atom. The van der Waals surface area contributed by atoms with Crippen LogP contribution in [-0.4, -0.2) is 26.8 Å². The molecule has 0 radical (unpaired) electrons. The summed E-state index contributed by atoms with van der Waals surface area (Å²) in [6.45, 7) is 0.420. The summed E-state index contributed by atoms with van der Waals surface area (Å²) in [5.74, 6) is -0.311. The van der Waals surface area contributed by atoms with Crippen LogP contribution in [0.5, 0.6) is 5.75 Å². The van der Waals surface area contributed by atoms with Gasteiger partial charge < -0.3 is 9.84 Å². The average Bonchev–Trinajstić information content (AvgIpc) is 2.69. The molecule has 4 nitrogen and oxygen atoms in total. The standard InChI is InChI=1S/C14H11ClO3.C6H7AsO/c15-12-5-1-10(2-6-12)9-18-13-7-3-11(4-8-13)14(16)17;8-7-6-4-2-1-3-5-6/h1-8H,9H2,(H,16,17);1-5H,7H2. The van der Waals surface area contributed by atoms with Crippen molar-refractivity contribution in [1.82, 2.24) is 0 Å². The first-order valence-electron chi connectivity index (χ1n) is 7.79. The molecule has 3 aromatic rings. The van der Waals surface area contributed by atoms with Crippen LogP contribution in [-0.2, 0) is 10.3 Å². The van der Waals surface area contributed by atoms with Crippen molar-refractivity contribution in [2.45, 2.75) is 6.61 Å². The van der Waals surface area contributed by atoms with E-state index in [1.54, 1.807) is 24.3 Å². The summed E-state index contributed by atoms with van der Waals surface area (Å²) >= 11 is 4.49. The number of hydrogen-bond acceptors (Lipinski definition) is 3. The number of aromatic carboxylic acids is 1. The molecule has 0 aliphatic carbocycles. The summed E-state index contributed by atoms with van der Waals surface area (Å²) in [6, 6.07) is 23.2. The second kappa shape index (κ2) is 10.5. The zero-order valence-electron chi connectivity index (χ0n) is 13.8. The third-order valence-corrected chi connectivity index (χ3v) is 4.99. The van der Waals surface area contributed by atoms with Gasteiger partial charge in [-0.2, -0.15) is 0 Å². The summed E-state index contributed by atoms with van der Waals surface area (Å²) in [5.41, 5.74) is 1.25. The van der Waals surface area contributed by atoms with Crippen molar-refractivity contribution in [1.29, 1.82) is 0 Å². The fourth-order valence-electron chi connectivity index (χ4n) is 1.97. The van der Waals surface area contributed by atoms with Crippen molar-refractivity contribution >= 4 is 37.6 Å². The molecule has 0 saturated carbocycles. The second-order valence-electron chi connectivity index (χ2n) is 5.27. The zero-order chi connectivity index (χ0) is 18.8. The van der Waals surface area contributed by atoms with Gasteiger partial charge in [0.15, 0.2) is 0 Å². The number of benzene rings is 3. The molecule has 0 heterocycles. The maximum absolute atomic E-state index is 10.7. The normalized spacial score (nSPS) is 10.2. The van der Waals surface area contributed by atoms with E-state index in [0.717, 1.165) is 9.91 Å². The molecule has 1 unspecified atom stereocenters. The van der Waals surface area contributed by atoms with E-state index in [4.69, 9.17) is 21.4 Å². The van der Waals surface area contributed by atoms with Crippen molar-refractivity contribution in [3.8, 4) is 5.75 Å². The summed E-state index contributed by atoms with van der Waals surface area (Å²) in [7, 11) is 0. The maximum atomic E-state index is 10.7. The summed E-state index contributed by atoms with van der Waals surface area (Å²) < 4.78 is 16.8. The molecule has 1 N–H and O–H groups in total. The van der Waals surface area contributed by atoms with E-state index in [1.165, 1.54) is 12.1 Å². The molecule has 0 bridgehead atoms. The molecule has 0 aliphatic heterocycles. The van der Waals surface area contributed by atoms with Gasteiger partial charge in [0.25, 0.3) is 0 Å². The fraction of sp³-hybridized carbons (Fsp3) is 0.0500. The van der Waals surface area contributed by atoms with E-state index < -0.39 is 21.7 Å². The van der Waals surface area contributed by atoms with Gasteiger partial charge in [-0.25, -0.2) is 4.79 Å². The number of carboxylic acids is 1. The van der Waals surface area contributed by atoms with Gasteiger partial charge >= 0.3 is 60.1 Å². The van der Waals surface area contributed by atoms with Crippen LogP contribution in [0.1, 0.15) is 15.9 Å². The van der Waals surface area contributed by atoms with Crippen LogP contribution < -0.4 is 9.09 Å². The minimum absolute atomic E-state index is 0.244. The van der Waals surface area contributed by atoms with Crippen LogP contribution in [0.2, 0.25) is 5.02 Å². The van der Waals surface area contributed by atoms with Crippen LogP contribution in [0.3, 0.4) is 0 Å². The molecule has 3 rings (SSSR count). The molecule has 0 aliphatic rings. The van der Waals surface area contributed by atoms with Crippen LogP contribution in [0, 0.1) is 0 Å². The Morgan fingerprint density at radius 2 is 1.54 bits per heavy atom. The van der Waals surface area contributed by atoms with Crippen LogP contribution >= 0.6 is 11.6 Å². The molecule has 0 amide bonds. The molecule has 0 spiro atoms. The Balaban J connectivity index is 0.000000254. The van der Waals surface area contributed by atoms with E-state index >= 15 is 0 Å². The molecule has 1 atom stereocenters. The number of ether oxygens (including phenoxy) is 1. The number of carboxylic acid groups (broad SMARTS) is 1. The predicted molar refractivity (Wildman–Crippen MR) is 104 cm³/mol. The number of halogens is 1. The van der Waals surface area contributed by atoms with Gasteiger partial charge in [-0.1, -0.05) is 23.7 Å². The SMILES string of the molecule is O=C(O)c1ccc(OCc2ccc(Cl)cc2)cc1.O=[AsH2]c1ccccc1. The molecule has 0 fully saturated rings. The van der Waals surface area contributed by atoms with Crippen molar-refractivity contribution < 1.29 is 18.4 Å². The van der Waals surface area contributed by atoms with Gasteiger partial charge in [0.05, 0.1) is 5.56 Å². The first-order valence-corrected chi connectivity index (χ1v) is 10.4. The van der Waals surface area contributed by atoms with Crippen molar-refractivity contribution in [3.05, 3.63) is 95.0 Å². The van der Waals surface area contributed by atoms with E-state index in [9.17, 15) is 8.53 Å². The number of hydrogen-bond donors (Lipinski definition) is 1. The fourth-order valence-corrected chi connectivity index (χ4v) is 2.89. The molecule has 0 saturated heterocycles. The van der Waals surface area contributed by atoms with Crippen LogP contribution in [0.15, 0.2) is 78.9 Å². The van der Waals surface area contributed by atoms with E-state index in [0.29, 0.717) is 17.4 Å². The molecule has 26 heavy (non-hydrogen) atoms. The topological polar surface area (TPSA) is 63.6 Å². The van der Waals surface area contributed by atoms with Gasteiger partial charge in [0, 0.05) is 5.02 Å². The Kier molecular flexibility index (Phi) is 8.07. The summed E-state index contributed by atoms with van der Waals surface area (Å²) in [5, 5.41) is 9.44. The van der Waals surface area contributed by atoms with Gasteiger partial charge in [0.2, 0.25) is 0 Å². The van der Waals surface area contributed by atoms with Gasteiger partial charge in [-0.15, -0.1) is 0 Å². The van der Waals surface area contributed by atoms with E-state index in [2.05, 4.69) is 0 Å². The van der Waals surface area contributed by atoms with Crippen molar-refractivity contribution in [3.63, 3.8) is 0 Å². The molecule has 6 heteroatoms. The van der Waals surface area contributed by atoms with Gasteiger partial charge in [0.1, 0.15) is 12.4 Å². The van der Waals surface area contributed by atoms with Crippen LogP contribution in [0.4, 0.5) is 0 Å². The Labute approximate surface area is 163 Å². The number of carbonyl (C=O) groups is 1. The van der Waals surface area contributed by atoms with Crippen molar-refractivity contribution in [2.75, 3.05) is 0 Å². The number of rotatable bonds is 5.